The maximum Gasteiger partial charge on any atom is 0.0435 e. The van der Waals surface area contributed by atoms with Gasteiger partial charge in [0.25, 0.3) is 0 Å². The van der Waals surface area contributed by atoms with E-state index in [2.05, 4.69) is 90.1 Å². The minimum atomic E-state index is -0.0913. The van der Waals surface area contributed by atoms with Gasteiger partial charge in [-0.2, -0.15) is 0 Å². The highest BCUT2D eigenvalue weighted by atomic mass is 14.4. The summed E-state index contributed by atoms with van der Waals surface area (Å²) in [7, 11) is 0. The maximum absolute atomic E-state index is 2.41. The first kappa shape index (κ1) is 16.1. The fourth-order valence-electron chi connectivity index (χ4n) is 4.48. The lowest BCUT2D eigenvalue weighted by atomic mass is 9.73. The summed E-state index contributed by atoms with van der Waals surface area (Å²) >= 11 is 0. The molecule has 126 valence electrons. The lowest BCUT2D eigenvalue weighted by molar-refractivity contribution is 0.710. The molecule has 0 spiro atoms. The highest BCUT2D eigenvalue weighted by Gasteiger charge is 2.41. The van der Waals surface area contributed by atoms with E-state index in [0.29, 0.717) is 0 Å². The fourth-order valence-corrected chi connectivity index (χ4v) is 4.48. The van der Waals surface area contributed by atoms with Crippen LogP contribution in [-0.2, 0) is 5.41 Å². The zero-order chi connectivity index (χ0) is 17.9. The van der Waals surface area contributed by atoms with Gasteiger partial charge >= 0.3 is 0 Å². The van der Waals surface area contributed by atoms with Crippen molar-refractivity contribution >= 4 is 0 Å². The summed E-state index contributed by atoms with van der Waals surface area (Å²) in [4.78, 5) is 0. The van der Waals surface area contributed by atoms with Crippen molar-refractivity contribution < 1.29 is 0 Å². The number of aryl methyl sites for hydroxylation is 5. The Balaban J connectivity index is 2.12. The quantitative estimate of drug-likeness (QED) is 0.475. The summed E-state index contributed by atoms with van der Waals surface area (Å²) in [5, 5.41) is 0. The average Bonchev–Trinajstić information content (AvgIpc) is 2.77. The summed E-state index contributed by atoms with van der Waals surface area (Å²) in [6.07, 6.45) is 0. The molecule has 3 aromatic carbocycles. The molecule has 0 fully saturated rings. The Kier molecular flexibility index (Phi) is 3.44. The number of fused-ring (bicyclic) bond motifs is 3. The number of hydrogen-bond donors (Lipinski definition) is 0. The van der Waals surface area contributed by atoms with Crippen molar-refractivity contribution in [2.45, 2.75) is 47.0 Å². The SMILES string of the molecule is Cc1cc(C)cc(C2(C)c3cc(C)ccc3-c3cc(C)c(C)cc32)c1. The molecule has 0 amide bonds. The van der Waals surface area contributed by atoms with Crippen molar-refractivity contribution in [3.63, 3.8) is 0 Å². The maximum atomic E-state index is 2.41. The molecule has 1 unspecified atom stereocenters. The lowest BCUT2D eigenvalue weighted by Gasteiger charge is -2.29. The van der Waals surface area contributed by atoms with E-state index < -0.39 is 0 Å². The van der Waals surface area contributed by atoms with Crippen molar-refractivity contribution in [2.24, 2.45) is 0 Å². The van der Waals surface area contributed by atoms with E-state index in [1.54, 1.807) is 0 Å². The van der Waals surface area contributed by atoms with Crippen LogP contribution in [0.2, 0.25) is 0 Å². The molecule has 4 rings (SSSR count). The van der Waals surface area contributed by atoms with Crippen LogP contribution in [0.25, 0.3) is 11.1 Å². The molecular weight excluding hydrogens is 300 g/mol. The summed E-state index contributed by atoms with van der Waals surface area (Å²) in [5.41, 5.74) is 13.7. The third-order valence-corrected chi connectivity index (χ3v) is 5.98. The molecule has 0 bridgehead atoms. The molecule has 1 aliphatic rings. The first-order valence-corrected chi connectivity index (χ1v) is 9.12. The van der Waals surface area contributed by atoms with E-state index in [4.69, 9.17) is 0 Å². The molecular formula is C25H26. The Morgan fingerprint density at radius 3 is 1.84 bits per heavy atom. The highest BCUT2D eigenvalue weighted by Crippen LogP contribution is 2.53. The van der Waals surface area contributed by atoms with Gasteiger partial charge in [-0.15, -0.1) is 0 Å². The zero-order valence-corrected chi connectivity index (χ0v) is 16.1. The minimum absolute atomic E-state index is 0.0913. The topological polar surface area (TPSA) is 0 Å². The van der Waals surface area contributed by atoms with Crippen molar-refractivity contribution in [1.29, 1.82) is 0 Å². The first-order chi connectivity index (χ1) is 11.8. The van der Waals surface area contributed by atoms with E-state index in [1.165, 1.54) is 55.6 Å². The van der Waals surface area contributed by atoms with Gasteiger partial charge in [0.1, 0.15) is 0 Å². The third-order valence-electron chi connectivity index (χ3n) is 5.98. The monoisotopic (exact) mass is 326 g/mol. The number of rotatable bonds is 1. The van der Waals surface area contributed by atoms with Crippen LogP contribution in [0.15, 0.2) is 48.5 Å². The van der Waals surface area contributed by atoms with Gasteiger partial charge in [-0.05, 0) is 80.5 Å². The second kappa shape index (κ2) is 5.33. The highest BCUT2D eigenvalue weighted by molar-refractivity contribution is 5.84. The standard InChI is InChI=1S/C25H26/c1-15-7-8-21-22-13-18(4)19(5)14-24(22)25(6,23(21)12-15)20-10-16(2)9-17(3)11-20/h7-14H,1-6H3. The van der Waals surface area contributed by atoms with Gasteiger partial charge in [0, 0.05) is 5.41 Å². The summed E-state index contributed by atoms with van der Waals surface area (Å²) in [5.74, 6) is 0. The Hall–Kier alpha value is -2.34. The van der Waals surface area contributed by atoms with Gasteiger partial charge in [0.15, 0.2) is 0 Å². The molecule has 0 aromatic heterocycles. The van der Waals surface area contributed by atoms with Crippen molar-refractivity contribution in [3.8, 4) is 11.1 Å². The number of hydrogen-bond acceptors (Lipinski definition) is 0. The Morgan fingerprint density at radius 2 is 1.16 bits per heavy atom. The molecule has 1 aliphatic carbocycles. The molecule has 1 atom stereocenters. The minimum Gasteiger partial charge on any atom is -0.0587 e. The fraction of sp³-hybridized carbons (Fsp3) is 0.280. The van der Waals surface area contributed by atoms with Gasteiger partial charge in [0.05, 0.1) is 0 Å². The van der Waals surface area contributed by atoms with Gasteiger partial charge in [0.2, 0.25) is 0 Å². The van der Waals surface area contributed by atoms with Crippen LogP contribution in [-0.4, -0.2) is 0 Å². The largest absolute Gasteiger partial charge is 0.0587 e. The van der Waals surface area contributed by atoms with E-state index in [1.807, 2.05) is 0 Å². The third kappa shape index (κ3) is 2.28. The Labute approximate surface area is 151 Å². The predicted octanol–water partition coefficient (Wildman–Crippen LogP) is 6.56. The molecule has 0 nitrogen and oxygen atoms in total. The first-order valence-electron chi connectivity index (χ1n) is 9.12. The number of benzene rings is 3. The summed E-state index contributed by atoms with van der Waals surface area (Å²) < 4.78 is 0. The van der Waals surface area contributed by atoms with E-state index in [-0.39, 0.29) is 5.41 Å². The molecule has 0 saturated carbocycles. The van der Waals surface area contributed by atoms with E-state index in [9.17, 15) is 0 Å². The molecule has 0 saturated heterocycles. The van der Waals surface area contributed by atoms with Crippen LogP contribution in [0.1, 0.15) is 51.4 Å². The average molecular weight is 326 g/mol. The van der Waals surface area contributed by atoms with Crippen LogP contribution < -0.4 is 0 Å². The normalized spacial score (nSPS) is 18.2. The van der Waals surface area contributed by atoms with Crippen LogP contribution in [0, 0.1) is 34.6 Å². The van der Waals surface area contributed by atoms with E-state index >= 15 is 0 Å². The Morgan fingerprint density at radius 1 is 0.560 bits per heavy atom. The lowest BCUT2D eigenvalue weighted by Crippen LogP contribution is -2.23. The second-order valence-corrected chi connectivity index (χ2v) is 8.03. The van der Waals surface area contributed by atoms with Crippen LogP contribution >= 0.6 is 0 Å². The van der Waals surface area contributed by atoms with Crippen molar-refractivity contribution in [1.82, 2.24) is 0 Å². The predicted molar refractivity (Wildman–Crippen MR) is 108 cm³/mol. The van der Waals surface area contributed by atoms with Crippen molar-refractivity contribution in [2.75, 3.05) is 0 Å². The van der Waals surface area contributed by atoms with Gasteiger partial charge in [-0.1, -0.05) is 65.2 Å². The molecule has 0 aliphatic heterocycles. The summed E-state index contributed by atoms with van der Waals surface area (Å²) in [6.45, 7) is 13.4. The molecule has 25 heavy (non-hydrogen) atoms. The second-order valence-electron chi connectivity index (χ2n) is 8.03. The Bertz CT molecular complexity index is 987. The smallest absolute Gasteiger partial charge is 0.0435 e. The van der Waals surface area contributed by atoms with Gasteiger partial charge < -0.3 is 0 Å². The van der Waals surface area contributed by atoms with Crippen LogP contribution in [0.3, 0.4) is 0 Å². The zero-order valence-electron chi connectivity index (χ0n) is 16.1. The van der Waals surface area contributed by atoms with Gasteiger partial charge in [-0.25, -0.2) is 0 Å². The van der Waals surface area contributed by atoms with Crippen molar-refractivity contribution in [3.05, 3.63) is 93.0 Å². The van der Waals surface area contributed by atoms with Gasteiger partial charge in [-0.3, -0.25) is 0 Å². The van der Waals surface area contributed by atoms with Crippen LogP contribution in [0.5, 0.6) is 0 Å². The van der Waals surface area contributed by atoms with Crippen LogP contribution in [0.4, 0.5) is 0 Å². The molecule has 0 heteroatoms. The molecule has 3 aromatic rings. The van der Waals surface area contributed by atoms with E-state index in [0.717, 1.165) is 0 Å². The summed E-state index contributed by atoms with van der Waals surface area (Å²) in [6, 6.07) is 18.7. The molecule has 0 radical (unpaired) electrons. The molecule has 0 N–H and O–H groups in total. The molecule has 0 heterocycles.